The van der Waals surface area contributed by atoms with Gasteiger partial charge in [0.05, 0.1) is 19.6 Å². The number of rotatable bonds is 2. The summed E-state index contributed by atoms with van der Waals surface area (Å²) < 4.78 is 1.07. The Labute approximate surface area is 67.2 Å². The van der Waals surface area contributed by atoms with Gasteiger partial charge in [0, 0.05) is 19.6 Å². The fraction of sp³-hybridized carbons (Fsp3) is 0.875. The first kappa shape index (κ1) is 7.25. The Balaban J connectivity index is 2.05. The second kappa shape index (κ2) is 2.57. The number of aldehydes is 1. The summed E-state index contributed by atoms with van der Waals surface area (Å²) in [6, 6.07) is 0. The lowest BCUT2D eigenvalue weighted by atomic mass is 10.1. The van der Waals surface area contributed by atoms with Crippen molar-refractivity contribution in [2.24, 2.45) is 0 Å². The quantitative estimate of drug-likeness (QED) is 0.389. The molecular weight excluding hydrogens is 140 g/mol. The lowest BCUT2D eigenvalue weighted by Gasteiger charge is -2.49. The number of carbonyl (C=O) groups excluding carboxylic acids is 1. The fourth-order valence-electron chi connectivity index (χ4n) is 2.16. The van der Waals surface area contributed by atoms with Gasteiger partial charge in [-0.2, -0.15) is 0 Å². The molecule has 0 spiro atoms. The maximum absolute atomic E-state index is 10.4. The number of carbonyl (C=O) groups is 1. The van der Waals surface area contributed by atoms with Crippen LogP contribution >= 0.6 is 0 Å². The molecule has 3 aliphatic heterocycles. The van der Waals surface area contributed by atoms with E-state index in [2.05, 4.69) is 4.90 Å². The van der Waals surface area contributed by atoms with Gasteiger partial charge in [-0.25, -0.2) is 0 Å². The van der Waals surface area contributed by atoms with Crippen LogP contribution in [-0.4, -0.2) is 61.5 Å². The monoisotopic (exact) mass is 155 g/mol. The molecule has 3 saturated heterocycles. The van der Waals surface area contributed by atoms with Crippen molar-refractivity contribution in [3.63, 3.8) is 0 Å². The van der Waals surface area contributed by atoms with Crippen LogP contribution in [0.15, 0.2) is 0 Å². The van der Waals surface area contributed by atoms with Gasteiger partial charge in [-0.15, -0.1) is 0 Å². The zero-order chi connectivity index (χ0) is 7.73. The first-order valence-electron chi connectivity index (χ1n) is 4.36. The van der Waals surface area contributed by atoms with Gasteiger partial charge in [0.2, 0.25) is 0 Å². The van der Waals surface area contributed by atoms with Gasteiger partial charge in [-0.05, 0) is 0 Å². The highest BCUT2D eigenvalue weighted by Crippen LogP contribution is 2.17. The first-order valence-corrected chi connectivity index (χ1v) is 4.36. The predicted molar refractivity (Wildman–Crippen MR) is 42.2 cm³/mol. The molecule has 0 aromatic carbocycles. The van der Waals surface area contributed by atoms with Gasteiger partial charge in [0.25, 0.3) is 0 Å². The largest absolute Gasteiger partial charge is 0.314 e. The fourth-order valence-corrected chi connectivity index (χ4v) is 2.16. The summed E-state index contributed by atoms with van der Waals surface area (Å²) in [4.78, 5) is 12.9. The molecule has 62 valence electrons. The maximum atomic E-state index is 10.4. The number of piperazine rings is 3. The number of hydrogen-bond acceptors (Lipinski definition) is 2. The molecular formula is C8H15N2O+. The highest BCUT2D eigenvalue weighted by Gasteiger charge is 2.37. The van der Waals surface area contributed by atoms with Crippen LogP contribution in [0.25, 0.3) is 0 Å². The Kier molecular flexibility index (Phi) is 1.69. The summed E-state index contributed by atoms with van der Waals surface area (Å²) in [5.41, 5.74) is 0. The molecule has 0 aromatic rings. The minimum atomic E-state index is 0.744. The lowest BCUT2D eigenvalue weighted by molar-refractivity contribution is -0.933. The van der Waals surface area contributed by atoms with Crippen molar-refractivity contribution in [1.29, 1.82) is 0 Å². The van der Waals surface area contributed by atoms with E-state index in [1.807, 2.05) is 0 Å². The second-order valence-corrected chi connectivity index (χ2v) is 3.70. The molecule has 0 N–H and O–H groups in total. The van der Waals surface area contributed by atoms with Crippen LogP contribution in [0.2, 0.25) is 0 Å². The number of quaternary nitrogens is 1. The van der Waals surface area contributed by atoms with E-state index in [1.54, 1.807) is 0 Å². The number of nitrogens with zero attached hydrogens (tertiary/aromatic N) is 2. The lowest BCUT2D eigenvalue weighted by Crippen LogP contribution is -2.67. The highest BCUT2D eigenvalue weighted by molar-refractivity contribution is 5.50. The minimum absolute atomic E-state index is 0.744. The topological polar surface area (TPSA) is 20.3 Å². The summed E-state index contributed by atoms with van der Waals surface area (Å²) in [5, 5.41) is 0. The molecule has 3 nitrogen and oxygen atoms in total. The molecule has 3 heterocycles. The Hall–Kier alpha value is -0.410. The molecule has 0 unspecified atom stereocenters. The van der Waals surface area contributed by atoms with Gasteiger partial charge < -0.3 is 4.48 Å². The zero-order valence-electron chi connectivity index (χ0n) is 6.83. The molecule has 11 heavy (non-hydrogen) atoms. The second-order valence-electron chi connectivity index (χ2n) is 3.70. The third-order valence-corrected chi connectivity index (χ3v) is 3.13. The van der Waals surface area contributed by atoms with E-state index in [0.717, 1.165) is 17.3 Å². The van der Waals surface area contributed by atoms with Crippen molar-refractivity contribution in [3.8, 4) is 0 Å². The molecule has 0 aliphatic carbocycles. The third kappa shape index (κ3) is 1.19. The SMILES string of the molecule is O=CC[N+]12CCN(CC1)CC2. The molecule has 0 aromatic heterocycles. The van der Waals surface area contributed by atoms with Gasteiger partial charge in [-0.3, -0.25) is 9.69 Å². The van der Waals surface area contributed by atoms with E-state index in [1.165, 1.54) is 39.3 Å². The van der Waals surface area contributed by atoms with Crippen LogP contribution < -0.4 is 0 Å². The molecule has 3 aliphatic rings. The Morgan fingerprint density at radius 2 is 1.73 bits per heavy atom. The Morgan fingerprint density at radius 3 is 2.18 bits per heavy atom. The molecule has 3 rings (SSSR count). The molecule has 0 amide bonds. The number of hydrogen-bond donors (Lipinski definition) is 0. The number of fused-ring (bicyclic) bond motifs is 3. The smallest absolute Gasteiger partial charge is 0.174 e. The van der Waals surface area contributed by atoms with E-state index in [9.17, 15) is 4.79 Å². The predicted octanol–water partition coefficient (Wildman–Crippen LogP) is -0.669. The van der Waals surface area contributed by atoms with E-state index in [-0.39, 0.29) is 0 Å². The summed E-state index contributed by atoms with van der Waals surface area (Å²) in [7, 11) is 0. The van der Waals surface area contributed by atoms with Crippen LogP contribution in [0, 0.1) is 0 Å². The van der Waals surface area contributed by atoms with Gasteiger partial charge in [0.15, 0.2) is 6.29 Å². The summed E-state index contributed by atoms with van der Waals surface area (Å²) in [6.45, 7) is 7.93. The standard InChI is InChI=1S/C8H15N2O/c11-8-7-10-4-1-9(2-5-10)3-6-10/h8H,1-7H2/q+1. The van der Waals surface area contributed by atoms with Crippen molar-refractivity contribution in [2.75, 3.05) is 45.8 Å². The van der Waals surface area contributed by atoms with Gasteiger partial charge >= 0.3 is 0 Å². The van der Waals surface area contributed by atoms with Gasteiger partial charge in [0.1, 0.15) is 6.54 Å². The molecule has 0 radical (unpaired) electrons. The normalized spacial score (nSPS) is 42.4. The van der Waals surface area contributed by atoms with Crippen LogP contribution in [-0.2, 0) is 4.79 Å². The Morgan fingerprint density at radius 1 is 1.18 bits per heavy atom. The van der Waals surface area contributed by atoms with Crippen molar-refractivity contribution >= 4 is 6.29 Å². The van der Waals surface area contributed by atoms with Crippen molar-refractivity contribution < 1.29 is 9.28 Å². The van der Waals surface area contributed by atoms with E-state index >= 15 is 0 Å². The molecule has 0 atom stereocenters. The van der Waals surface area contributed by atoms with Crippen molar-refractivity contribution in [1.82, 2.24) is 4.90 Å². The average molecular weight is 155 g/mol. The average Bonchev–Trinajstić information content (AvgIpc) is 2.07. The van der Waals surface area contributed by atoms with E-state index in [4.69, 9.17) is 0 Å². The summed E-state index contributed by atoms with van der Waals surface area (Å²) >= 11 is 0. The van der Waals surface area contributed by atoms with Crippen LogP contribution in [0.4, 0.5) is 0 Å². The van der Waals surface area contributed by atoms with Crippen LogP contribution in [0.5, 0.6) is 0 Å². The summed E-state index contributed by atoms with van der Waals surface area (Å²) in [5.74, 6) is 0. The van der Waals surface area contributed by atoms with E-state index < -0.39 is 0 Å². The van der Waals surface area contributed by atoms with Crippen LogP contribution in [0.1, 0.15) is 0 Å². The van der Waals surface area contributed by atoms with Gasteiger partial charge in [-0.1, -0.05) is 0 Å². The van der Waals surface area contributed by atoms with Crippen LogP contribution in [0.3, 0.4) is 0 Å². The zero-order valence-corrected chi connectivity index (χ0v) is 6.83. The van der Waals surface area contributed by atoms with Crippen molar-refractivity contribution in [2.45, 2.75) is 0 Å². The van der Waals surface area contributed by atoms with Crippen molar-refractivity contribution in [3.05, 3.63) is 0 Å². The molecule has 0 saturated carbocycles. The van der Waals surface area contributed by atoms with E-state index in [0.29, 0.717) is 0 Å². The maximum Gasteiger partial charge on any atom is 0.174 e. The highest BCUT2D eigenvalue weighted by atomic mass is 16.1. The minimum Gasteiger partial charge on any atom is -0.314 e. The third-order valence-electron chi connectivity index (χ3n) is 3.13. The molecule has 3 heteroatoms. The molecule has 3 fully saturated rings. The molecule has 2 bridgehead atoms. The summed E-state index contributed by atoms with van der Waals surface area (Å²) in [6.07, 6.45) is 1.08. The Bertz CT molecular complexity index is 148. The first-order chi connectivity index (χ1) is 5.35.